The zero-order chi connectivity index (χ0) is 19.7. The first kappa shape index (κ1) is 18.0. The Hall–Kier alpha value is -3.39. The fourth-order valence-electron chi connectivity index (χ4n) is 2.68. The van der Waals surface area contributed by atoms with Gasteiger partial charge in [-0.1, -0.05) is 23.7 Å². The molecule has 0 aliphatic heterocycles. The highest BCUT2D eigenvalue weighted by Crippen LogP contribution is 2.31. The smallest absolute Gasteiger partial charge is 0.320 e. The Morgan fingerprint density at radius 1 is 1.04 bits per heavy atom. The Labute approximate surface area is 166 Å². The van der Waals surface area contributed by atoms with Gasteiger partial charge < -0.3 is 9.47 Å². The second kappa shape index (κ2) is 7.32. The van der Waals surface area contributed by atoms with Crippen LogP contribution in [0.15, 0.2) is 48.8 Å². The van der Waals surface area contributed by atoms with Crippen molar-refractivity contribution in [1.82, 2.24) is 29.5 Å². The maximum Gasteiger partial charge on any atom is 0.320 e. The van der Waals surface area contributed by atoms with E-state index in [1.54, 1.807) is 42.0 Å². The van der Waals surface area contributed by atoms with E-state index < -0.39 is 0 Å². The van der Waals surface area contributed by atoms with Crippen LogP contribution >= 0.6 is 11.6 Å². The molecule has 0 spiro atoms. The van der Waals surface area contributed by atoms with Crippen molar-refractivity contribution in [3.63, 3.8) is 0 Å². The van der Waals surface area contributed by atoms with Crippen LogP contribution in [-0.2, 0) is 7.05 Å². The SMILES string of the molecule is COc1cc(-c2nc(Oc3ccccc3Cl)n(C)n2)ccc1-n1cnc(C)n1. The highest BCUT2D eigenvalue weighted by Gasteiger charge is 2.15. The van der Waals surface area contributed by atoms with Crippen LogP contribution < -0.4 is 9.47 Å². The van der Waals surface area contributed by atoms with E-state index in [1.807, 2.05) is 37.3 Å². The summed E-state index contributed by atoms with van der Waals surface area (Å²) in [6.45, 7) is 1.83. The molecule has 2 heterocycles. The van der Waals surface area contributed by atoms with E-state index >= 15 is 0 Å². The fourth-order valence-corrected chi connectivity index (χ4v) is 2.85. The van der Waals surface area contributed by atoms with Gasteiger partial charge in [-0.2, -0.15) is 10.1 Å². The van der Waals surface area contributed by atoms with Crippen LogP contribution in [0, 0.1) is 6.92 Å². The minimum absolute atomic E-state index is 0.332. The molecule has 0 fully saturated rings. The maximum atomic E-state index is 6.15. The Morgan fingerprint density at radius 2 is 1.86 bits per heavy atom. The Balaban J connectivity index is 1.67. The standard InChI is InChI=1S/C19H17ClN6O2/c1-12-21-11-26(23-12)15-9-8-13(10-17(15)27-3)18-22-19(25(2)24-18)28-16-7-5-4-6-14(16)20/h4-11H,1-3H3. The molecule has 8 nitrogen and oxygen atoms in total. The van der Waals surface area contributed by atoms with Crippen LogP contribution in [0.2, 0.25) is 5.02 Å². The molecular weight excluding hydrogens is 380 g/mol. The van der Waals surface area contributed by atoms with E-state index in [1.165, 1.54) is 0 Å². The van der Waals surface area contributed by atoms with Crippen LogP contribution in [0.5, 0.6) is 17.5 Å². The van der Waals surface area contributed by atoms with Gasteiger partial charge in [-0.3, -0.25) is 0 Å². The third kappa shape index (κ3) is 3.41. The first-order valence-corrected chi connectivity index (χ1v) is 8.83. The van der Waals surface area contributed by atoms with E-state index in [-0.39, 0.29) is 0 Å². The highest BCUT2D eigenvalue weighted by molar-refractivity contribution is 6.32. The lowest BCUT2D eigenvalue weighted by Crippen LogP contribution is -1.99. The minimum Gasteiger partial charge on any atom is -0.494 e. The van der Waals surface area contributed by atoms with Crippen molar-refractivity contribution in [2.75, 3.05) is 7.11 Å². The van der Waals surface area contributed by atoms with Crippen LogP contribution in [0.25, 0.3) is 17.1 Å². The zero-order valence-electron chi connectivity index (χ0n) is 15.5. The van der Waals surface area contributed by atoms with Gasteiger partial charge in [0.25, 0.3) is 0 Å². The molecule has 0 aliphatic rings. The Morgan fingerprint density at radius 3 is 2.57 bits per heavy atom. The normalized spacial score (nSPS) is 10.9. The van der Waals surface area contributed by atoms with Crippen molar-refractivity contribution in [3.05, 3.63) is 59.6 Å². The first-order chi connectivity index (χ1) is 13.5. The summed E-state index contributed by atoms with van der Waals surface area (Å²) in [5.41, 5.74) is 1.55. The van der Waals surface area contributed by atoms with Gasteiger partial charge >= 0.3 is 6.01 Å². The van der Waals surface area contributed by atoms with Gasteiger partial charge in [-0.25, -0.2) is 14.3 Å². The number of nitrogens with zero attached hydrogens (tertiary/aromatic N) is 6. The third-order valence-electron chi connectivity index (χ3n) is 4.05. The molecule has 9 heteroatoms. The van der Waals surface area contributed by atoms with Gasteiger partial charge in [0.1, 0.15) is 29.3 Å². The van der Waals surface area contributed by atoms with Gasteiger partial charge in [-0.15, -0.1) is 5.10 Å². The van der Waals surface area contributed by atoms with Crippen LogP contribution in [-0.4, -0.2) is 36.6 Å². The molecule has 142 valence electrons. The molecule has 4 rings (SSSR count). The number of para-hydroxylation sites is 1. The Kier molecular flexibility index (Phi) is 4.70. The molecule has 0 bridgehead atoms. The first-order valence-electron chi connectivity index (χ1n) is 8.45. The average molecular weight is 397 g/mol. The number of aryl methyl sites for hydroxylation is 2. The van der Waals surface area contributed by atoms with Crippen molar-refractivity contribution in [3.8, 4) is 34.6 Å². The second-order valence-electron chi connectivity index (χ2n) is 6.00. The number of rotatable bonds is 5. The molecule has 0 atom stereocenters. The topological polar surface area (TPSA) is 79.9 Å². The van der Waals surface area contributed by atoms with Gasteiger partial charge in [0.2, 0.25) is 0 Å². The van der Waals surface area contributed by atoms with Gasteiger partial charge in [0.15, 0.2) is 5.82 Å². The average Bonchev–Trinajstić information content (AvgIpc) is 3.29. The Bertz CT molecular complexity index is 1140. The summed E-state index contributed by atoms with van der Waals surface area (Å²) in [6, 6.07) is 13.2. The summed E-state index contributed by atoms with van der Waals surface area (Å²) in [7, 11) is 3.36. The van der Waals surface area contributed by atoms with E-state index in [4.69, 9.17) is 21.1 Å². The van der Waals surface area contributed by atoms with Crippen molar-refractivity contribution >= 4 is 11.6 Å². The molecule has 2 aromatic carbocycles. The zero-order valence-corrected chi connectivity index (χ0v) is 16.3. The molecule has 0 unspecified atom stereocenters. The van der Waals surface area contributed by atoms with Crippen molar-refractivity contribution in [2.45, 2.75) is 6.92 Å². The van der Waals surface area contributed by atoms with Crippen molar-refractivity contribution < 1.29 is 9.47 Å². The summed E-state index contributed by atoms with van der Waals surface area (Å²) < 4.78 is 14.5. The quantitative estimate of drug-likeness (QED) is 0.510. The molecule has 28 heavy (non-hydrogen) atoms. The number of benzene rings is 2. The highest BCUT2D eigenvalue weighted by atomic mass is 35.5. The maximum absolute atomic E-state index is 6.15. The van der Waals surface area contributed by atoms with Crippen LogP contribution in [0.1, 0.15) is 5.82 Å². The molecule has 0 saturated carbocycles. The predicted octanol–water partition coefficient (Wildman–Crippen LogP) is 3.83. The number of halogens is 1. The number of methoxy groups -OCH3 is 1. The summed E-state index contributed by atoms with van der Waals surface area (Å²) >= 11 is 6.15. The number of hydrogen-bond donors (Lipinski definition) is 0. The summed E-state index contributed by atoms with van der Waals surface area (Å²) in [5, 5.41) is 9.26. The second-order valence-corrected chi connectivity index (χ2v) is 6.40. The van der Waals surface area contributed by atoms with Gasteiger partial charge in [0.05, 0.1) is 12.1 Å². The van der Waals surface area contributed by atoms with Crippen LogP contribution in [0.3, 0.4) is 0 Å². The summed E-state index contributed by atoms with van der Waals surface area (Å²) in [4.78, 5) is 8.63. The lowest BCUT2D eigenvalue weighted by atomic mass is 10.2. The summed E-state index contributed by atoms with van der Waals surface area (Å²) in [6.07, 6.45) is 1.64. The van der Waals surface area contributed by atoms with Crippen LogP contribution in [0.4, 0.5) is 0 Å². The van der Waals surface area contributed by atoms with Crippen molar-refractivity contribution in [2.24, 2.45) is 7.05 Å². The van der Waals surface area contributed by atoms with E-state index in [9.17, 15) is 0 Å². The van der Waals surface area contributed by atoms with E-state index in [2.05, 4.69) is 20.2 Å². The molecular formula is C19H17ClN6O2. The molecule has 0 amide bonds. The van der Waals surface area contributed by atoms with Gasteiger partial charge in [-0.05, 0) is 37.3 Å². The summed E-state index contributed by atoms with van der Waals surface area (Å²) in [5.74, 6) is 2.33. The molecule has 0 aliphatic carbocycles. The lowest BCUT2D eigenvalue weighted by Gasteiger charge is -2.09. The molecule has 0 N–H and O–H groups in total. The monoisotopic (exact) mass is 396 g/mol. The molecule has 0 saturated heterocycles. The molecule has 4 aromatic rings. The predicted molar refractivity (Wildman–Crippen MR) is 104 cm³/mol. The molecule has 0 radical (unpaired) electrons. The third-order valence-corrected chi connectivity index (χ3v) is 4.36. The lowest BCUT2D eigenvalue weighted by molar-refractivity contribution is 0.412. The van der Waals surface area contributed by atoms with Gasteiger partial charge in [0, 0.05) is 12.6 Å². The number of hydrogen-bond acceptors (Lipinski definition) is 6. The number of ether oxygens (including phenoxy) is 2. The van der Waals surface area contributed by atoms with Crippen molar-refractivity contribution in [1.29, 1.82) is 0 Å². The minimum atomic E-state index is 0.332. The fraction of sp³-hybridized carbons (Fsp3) is 0.158. The van der Waals surface area contributed by atoms with E-state index in [0.29, 0.717) is 34.2 Å². The molecule has 2 aromatic heterocycles. The van der Waals surface area contributed by atoms with E-state index in [0.717, 1.165) is 11.3 Å². The largest absolute Gasteiger partial charge is 0.494 e. The number of aromatic nitrogens is 6.